The van der Waals surface area contributed by atoms with E-state index in [9.17, 15) is 5.11 Å². The third-order valence-corrected chi connectivity index (χ3v) is 5.82. The molecule has 2 N–H and O–H groups in total. The van der Waals surface area contributed by atoms with E-state index < -0.39 is 0 Å². The van der Waals surface area contributed by atoms with Gasteiger partial charge in [0, 0.05) is 32.2 Å². The van der Waals surface area contributed by atoms with Gasteiger partial charge in [0.05, 0.1) is 0 Å². The molecule has 2 rings (SSSR count). The highest BCUT2D eigenvalue weighted by molar-refractivity contribution is 5.50. The Morgan fingerprint density at radius 1 is 1.00 bits per heavy atom. The van der Waals surface area contributed by atoms with Crippen molar-refractivity contribution in [2.24, 2.45) is 5.92 Å². The van der Waals surface area contributed by atoms with Crippen LogP contribution in [0.3, 0.4) is 0 Å². The summed E-state index contributed by atoms with van der Waals surface area (Å²) in [5.74, 6) is 1.07. The van der Waals surface area contributed by atoms with E-state index in [1.165, 1.54) is 5.56 Å². The van der Waals surface area contributed by atoms with Gasteiger partial charge in [-0.25, -0.2) is 0 Å². The van der Waals surface area contributed by atoms with E-state index in [1.54, 1.807) is 0 Å². The molecule has 3 heteroatoms. The van der Waals surface area contributed by atoms with Gasteiger partial charge in [-0.2, -0.15) is 0 Å². The average molecular weight is 361 g/mol. The zero-order valence-electron chi connectivity index (χ0n) is 18.2. The van der Waals surface area contributed by atoms with E-state index in [0.717, 1.165) is 43.7 Å². The standard InChI is InChI=1S/C23H40N2O/c1-9-16(2)20(25-12-10-24-11-13-25)17-14-18(22(3,4)5)21(26)19(15-17)23(6,7)8/h14-16,20,24,26H,9-13H2,1-8H3/t16?,20-/m1/s1. The lowest BCUT2D eigenvalue weighted by molar-refractivity contribution is 0.128. The van der Waals surface area contributed by atoms with Gasteiger partial charge in [-0.1, -0.05) is 61.8 Å². The molecule has 1 aromatic rings. The van der Waals surface area contributed by atoms with Gasteiger partial charge in [-0.15, -0.1) is 0 Å². The van der Waals surface area contributed by atoms with Gasteiger partial charge in [0.1, 0.15) is 5.75 Å². The Labute approximate surface area is 161 Å². The fourth-order valence-corrected chi connectivity index (χ4v) is 4.05. The van der Waals surface area contributed by atoms with Crippen LogP contribution in [0.15, 0.2) is 12.1 Å². The number of nitrogens with zero attached hydrogens (tertiary/aromatic N) is 1. The Bertz CT molecular complexity index is 569. The van der Waals surface area contributed by atoms with Crippen LogP contribution >= 0.6 is 0 Å². The number of piperazine rings is 1. The Kier molecular flexibility index (Phi) is 6.45. The highest BCUT2D eigenvalue weighted by Crippen LogP contribution is 2.43. The third-order valence-electron chi connectivity index (χ3n) is 5.82. The van der Waals surface area contributed by atoms with Gasteiger partial charge in [0.15, 0.2) is 0 Å². The van der Waals surface area contributed by atoms with Crippen molar-refractivity contribution in [1.82, 2.24) is 10.2 Å². The number of nitrogens with one attached hydrogen (secondary N) is 1. The number of aromatic hydroxyl groups is 1. The van der Waals surface area contributed by atoms with Gasteiger partial charge in [0.25, 0.3) is 0 Å². The highest BCUT2D eigenvalue weighted by atomic mass is 16.3. The molecule has 0 aliphatic carbocycles. The number of hydrogen-bond acceptors (Lipinski definition) is 3. The summed E-state index contributed by atoms with van der Waals surface area (Å²) in [5, 5.41) is 14.5. The molecule has 1 heterocycles. The van der Waals surface area contributed by atoms with Crippen molar-refractivity contribution in [3.63, 3.8) is 0 Å². The minimum Gasteiger partial charge on any atom is -0.507 e. The molecule has 148 valence electrons. The van der Waals surface area contributed by atoms with Crippen LogP contribution in [0, 0.1) is 5.92 Å². The van der Waals surface area contributed by atoms with Gasteiger partial charge in [-0.05, 0) is 45.6 Å². The second kappa shape index (κ2) is 7.90. The average Bonchev–Trinajstić information content (AvgIpc) is 2.55. The van der Waals surface area contributed by atoms with Crippen molar-refractivity contribution in [2.75, 3.05) is 26.2 Å². The van der Waals surface area contributed by atoms with Crippen LogP contribution in [-0.2, 0) is 10.8 Å². The first-order valence-electron chi connectivity index (χ1n) is 10.3. The maximum absolute atomic E-state index is 11.0. The predicted octanol–water partition coefficient (Wildman–Crippen LogP) is 4.98. The van der Waals surface area contributed by atoms with Crippen LogP contribution in [-0.4, -0.2) is 36.2 Å². The smallest absolute Gasteiger partial charge is 0.123 e. The zero-order valence-corrected chi connectivity index (χ0v) is 18.2. The van der Waals surface area contributed by atoms with Crippen LogP contribution in [0.4, 0.5) is 0 Å². The molecule has 0 spiro atoms. The molecule has 1 aliphatic heterocycles. The van der Waals surface area contributed by atoms with E-state index in [-0.39, 0.29) is 10.8 Å². The summed E-state index contributed by atoms with van der Waals surface area (Å²) in [6, 6.07) is 4.97. The maximum Gasteiger partial charge on any atom is 0.123 e. The van der Waals surface area contributed by atoms with E-state index in [2.05, 4.69) is 77.7 Å². The quantitative estimate of drug-likeness (QED) is 0.795. The second-order valence-electron chi connectivity index (χ2n) is 10.1. The molecule has 3 nitrogen and oxygen atoms in total. The summed E-state index contributed by atoms with van der Waals surface area (Å²) in [5.41, 5.74) is 3.35. The van der Waals surface area contributed by atoms with Crippen LogP contribution < -0.4 is 5.32 Å². The van der Waals surface area contributed by atoms with Crippen molar-refractivity contribution in [1.29, 1.82) is 0 Å². The predicted molar refractivity (Wildman–Crippen MR) is 112 cm³/mol. The molecule has 0 saturated carbocycles. The minimum atomic E-state index is -0.0798. The lowest BCUT2D eigenvalue weighted by Crippen LogP contribution is -2.46. The van der Waals surface area contributed by atoms with Crippen LogP contribution in [0.5, 0.6) is 5.75 Å². The Balaban J connectivity index is 2.63. The van der Waals surface area contributed by atoms with E-state index in [1.807, 2.05) is 0 Å². The van der Waals surface area contributed by atoms with Crippen molar-refractivity contribution < 1.29 is 5.11 Å². The summed E-state index contributed by atoms with van der Waals surface area (Å²) in [7, 11) is 0. The topological polar surface area (TPSA) is 35.5 Å². The molecule has 0 radical (unpaired) electrons. The normalized spacial score (nSPS) is 19.4. The van der Waals surface area contributed by atoms with Crippen LogP contribution in [0.1, 0.15) is 84.5 Å². The molecule has 1 saturated heterocycles. The number of benzene rings is 1. The van der Waals surface area contributed by atoms with Crippen molar-refractivity contribution in [3.8, 4) is 5.75 Å². The lowest BCUT2D eigenvalue weighted by atomic mass is 9.76. The fraction of sp³-hybridized carbons (Fsp3) is 0.739. The van der Waals surface area contributed by atoms with E-state index >= 15 is 0 Å². The van der Waals surface area contributed by atoms with E-state index in [0.29, 0.717) is 17.7 Å². The molecule has 1 fully saturated rings. The molecule has 2 atom stereocenters. The first-order chi connectivity index (χ1) is 12.0. The summed E-state index contributed by atoms with van der Waals surface area (Å²) in [6.07, 6.45) is 1.16. The summed E-state index contributed by atoms with van der Waals surface area (Å²) >= 11 is 0. The first kappa shape index (κ1) is 21.2. The molecule has 0 amide bonds. The number of phenolic OH excluding ortho intramolecular Hbond substituents is 1. The SMILES string of the molecule is CCC(C)[C@H](c1cc(C(C)(C)C)c(O)c(C(C)(C)C)c1)N1CCNCC1. The number of rotatable bonds is 4. The maximum atomic E-state index is 11.0. The molecule has 0 bridgehead atoms. The molecular weight excluding hydrogens is 320 g/mol. The highest BCUT2D eigenvalue weighted by Gasteiger charge is 2.32. The van der Waals surface area contributed by atoms with Gasteiger partial charge in [0.2, 0.25) is 0 Å². The third kappa shape index (κ3) is 4.61. The summed E-state index contributed by atoms with van der Waals surface area (Å²) in [6.45, 7) is 22.1. The molecule has 1 aromatic carbocycles. The van der Waals surface area contributed by atoms with Crippen molar-refractivity contribution in [2.45, 2.75) is 78.7 Å². The lowest BCUT2D eigenvalue weighted by Gasteiger charge is -2.40. The Hall–Kier alpha value is -1.06. The minimum absolute atomic E-state index is 0.0798. The van der Waals surface area contributed by atoms with Gasteiger partial charge in [-0.3, -0.25) is 4.90 Å². The van der Waals surface area contributed by atoms with Crippen molar-refractivity contribution in [3.05, 3.63) is 28.8 Å². The van der Waals surface area contributed by atoms with Crippen LogP contribution in [0.2, 0.25) is 0 Å². The molecular formula is C23H40N2O. The molecule has 1 aliphatic rings. The van der Waals surface area contributed by atoms with Crippen molar-refractivity contribution >= 4 is 0 Å². The summed E-state index contributed by atoms with van der Waals surface area (Å²) < 4.78 is 0. The molecule has 26 heavy (non-hydrogen) atoms. The van der Waals surface area contributed by atoms with Gasteiger partial charge < -0.3 is 10.4 Å². The fourth-order valence-electron chi connectivity index (χ4n) is 4.05. The van der Waals surface area contributed by atoms with E-state index in [4.69, 9.17) is 0 Å². The molecule has 0 aromatic heterocycles. The Morgan fingerprint density at radius 3 is 1.85 bits per heavy atom. The number of phenols is 1. The largest absolute Gasteiger partial charge is 0.507 e. The molecule has 1 unspecified atom stereocenters. The zero-order chi connectivity index (χ0) is 19.7. The van der Waals surface area contributed by atoms with Gasteiger partial charge >= 0.3 is 0 Å². The summed E-state index contributed by atoms with van der Waals surface area (Å²) in [4.78, 5) is 2.63. The Morgan fingerprint density at radius 2 is 1.46 bits per heavy atom. The monoisotopic (exact) mass is 360 g/mol. The number of hydrogen-bond donors (Lipinski definition) is 2. The van der Waals surface area contributed by atoms with Crippen LogP contribution in [0.25, 0.3) is 0 Å². The first-order valence-corrected chi connectivity index (χ1v) is 10.3. The second-order valence-corrected chi connectivity index (χ2v) is 10.1.